The van der Waals surface area contributed by atoms with Crippen LogP contribution in [0.4, 0.5) is 0 Å². The minimum Gasteiger partial charge on any atom is -0.461 e. The van der Waals surface area contributed by atoms with Gasteiger partial charge in [0.2, 0.25) is 10.0 Å². The minimum absolute atomic E-state index is 0.148. The van der Waals surface area contributed by atoms with Crippen molar-refractivity contribution in [2.75, 3.05) is 0 Å². The van der Waals surface area contributed by atoms with E-state index in [2.05, 4.69) is 13.5 Å². The van der Waals surface area contributed by atoms with Crippen LogP contribution in [0.3, 0.4) is 0 Å². The number of hydrogen-bond acceptors (Lipinski definition) is 6. The standard InChI is InChI=1S/C17H15N3O3S2/c1-11(9-13-10-12-5-2-3-7-15(12)23-13)20-25(21,22)16-8-4-6-14-17(16)19-24-18-14/h2-8,10-11,20H,9H2,1H3/t11-/m0/s1. The summed E-state index contributed by atoms with van der Waals surface area (Å²) in [7, 11) is -3.69. The number of nitrogens with zero attached hydrogens (tertiary/aromatic N) is 2. The van der Waals surface area contributed by atoms with Crippen LogP contribution in [0.2, 0.25) is 0 Å². The quantitative estimate of drug-likeness (QED) is 0.580. The molecule has 0 aliphatic heterocycles. The molecule has 1 N–H and O–H groups in total. The Hall–Kier alpha value is -2.29. The molecular weight excluding hydrogens is 358 g/mol. The summed E-state index contributed by atoms with van der Waals surface area (Å²) in [4.78, 5) is 0.148. The molecule has 0 fully saturated rings. The lowest BCUT2D eigenvalue weighted by Crippen LogP contribution is -2.34. The number of hydrogen-bond donors (Lipinski definition) is 1. The van der Waals surface area contributed by atoms with E-state index >= 15 is 0 Å². The second kappa shape index (κ2) is 6.21. The number of fused-ring (bicyclic) bond motifs is 2. The Morgan fingerprint density at radius 1 is 1.16 bits per heavy atom. The second-order valence-corrected chi connectivity index (χ2v) is 8.08. The molecule has 6 nitrogen and oxygen atoms in total. The first-order valence-corrected chi connectivity index (χ1v) is 9.95. The lowest BCUT2D eigenvalue weighted by Gasteiger charge is -2.13. The zero-order chi connectivity index (χ0) is 17.4. The van der Waals surface area contributed by atoms with Gasteiger partial charge >= 0.3 is 0 Å². The van der Waals surface area contributed by atoms with Gasteiger partial charge in [0.1, 0.15) is 27.3 Å². The van der Waals surface area contributed by atoms with Gasteiger partial charge in [-0.1, -0.05) is 24.3 Å². The summed E-state index contributed by atoms with van der Waals surface area (Å²) in [5, 5.41) is 1.01. The van der Waals surface area contributed by atoms with E-state index in [0.717, 1.165) is 28.5 Å². The van der Waals surface area contributed by atoms with Gasteiger partial charge in [-0.2, -0.15) is 8.75 Å². The Kier molecular flexibility index (Phi) is 4.03. The van der Waals surface area contributed by atoms with Crippen LogP contribution in [-0.2, 0) is 16.4 Å². The maximum atomic E-state index is 12.7. The molecule has 0 unspecified atom stereocenters. The maximum absolute atomic E-state index is 12.7. The monoisotopic (exact) mass is 373 g/mol. The molecule has 4 aromatic rings. The number of aromatic nitrogens is 2. The van der Waals surface area contributed by atoms with Crippen molar-refractivity contribution in [2.45, 2.75) is 24.3 Å². The molecule has 0 radical (unpaired) electrons. The molecular formula is C17H15N3O3S2. The van der Waals surface area contributed by atoms with Crippen LogP contribution in [0.25, 0.3) is 22.0 Å². The number of sulfonamides is 1. The first kappa shape index (κ1) is 16.2. The van der Waals surface area contributed by atoms with E-state index in [0.29, 0.717) is 17.5 Å². The molecule has 0 spiro atoms. The van der Waals surface area contributed by atoms with Gasteiger partial charge in [-0.3, -0.25) is 0 Å². The highest BCUT2D eigenvalue weighted by molar-refractivity contribution is 7.89. The summed E-state index contributed by atoms with van der Waals surface area (Å²) in [6.07, 6.45) is 0.458. The molecule has 2 aromatic carbocycles. The van der Waals surface area contributed by atoms with E-state index in [-0.39, 0.29) is 10.9 Å². The van der Waals surface area contributed by atoms with Crippen LogP contribution in [0.5, 0.6) is 0 Å². The van der Waals surface area contributed by atoms with Gasteiger partial charge in [-0.05, 0) is 31.2 Å². The van der Waals surface area contributed by atoms with Crippen molar-refractivity contribution in [3.05, 3.63) is 54.3 Å². The highest BCUT2D eigenvalue weighted by Gasteiger charge is 2.22. The molecule has 0 amide bonds. The molecule has 1 atom stereocenters. The van der Waals surface area contributed by atoms with Gasteiger partial charge in [0.25, 0.3) is 0 Å². The Labute approximate surface area is 148 Å². The van der Waals surface area contributed by atoms with Gasteiger partial charge in [0.15, 0.2) is 0 Å². The smallest absolute Gasteiger partial charge is 0.243 e. The summed E-state index contributed by atoms with van der Waals surface area (Å²) >= 11 is 1.000. The topological polar surface area (TPSA) is 85.1 Å². The fraction of sp³-hybridized carbons (Fsp3) is 0.176. The van der Waals surface area contributed by atoms with Crippen molar-refractivity contribution in [2.24, 2.45) is 0 Å². The number of benzene rings is 2. The summed E-state index contributed by atoms with van der Waals surface area (Å²) in [5.41, 5.74) is 1.78. The van der Waals surface area contributed by atoms with E-state index in [4.69, 9.17) is 4.42 Å². The first-order chi connectivity index (χ1) is 12.0. The van der Waals surface area contributed by atoms with Gasteiger partial charge in [-0.25, -0.2) is 13.1 Å². The van der Waals surface area contributed by atoms with Gasteiger partial charge in [-0.15, -0.1) is 0 Å². The van der Waals surface area contributed by atoms with E-state index in [1.54, 1.807) is 18.2 Å². The van der Waals surface area contributed by atoms with Crippen LogP contribution in [0, 0.1) is 0 Å². The van der Waals surface area contributed by atoms with Crippen LogP contribution in [0.15, 0.2) is 57.8 Å². The second-order valence-electron chi connectivity index (χ2n) is 5.87. The molecule has 0 aliphatic rings. The van der Waals surface area contributed by atoms with E-state index in [1.165, 1.54) is 0 Å². The molecule has 0 saturated carbocycles. The molecule has 8 heteroatoms. The third-order valence-corrected chi connectivity index (χ3v) is 6.04. The molecule has 0 saturated heterocycles. The summed E-state index contributed by atoms with van der Waals surface area (Å²) < 4.78 is 42.1. The predicted octanol–water partition coefficient (Wildman–Crippen LogP) is 3.35. The molecule has 0 bridgehead atoms. The highest BCUT2D eigenvalue weighted by atomic mass is 32.2. The SMILES string of the molecule is C[C@@H](Cc1cc2ccccc2o1)NS(=O)(=O)c1cccc2nsnc12. The Bertz CT molecular complexity index is 1120. The van der Waals surface area contributed by atoms with Gasteiger partial charge in [0, 0.05) is 17.8 Å². The highest BCUT2D eigenvalue weighted by Crippen LogP contribution is 2.23. The zero-order valence-corrected chi connectivity index (χ0v) is 15.0. The summed E-state index contributed by atoms with van der Waals surface area (Å²) in [5.74, 6) is 0.741. The van der Waals surface area contributed by atoms with Gasteiger partial charge in [0.05, 0.1) is 11.7 Å². The van der Waals surface area contributed by atoms with Crippen LogP contribution < -0.4 is 4.72 Å². The molecule has 25 heavy (non-hydrogen) atoms. The molecule has 128 valence electrons. The maximum Gasteiger partial charge on any atom is 0.243 e. The van der Waals surface area contributed by atoms with Gasteiger partial charge < -0.3 is 4.42 Å². The first-order valence-electron chi connectivity index (χ1n) is 7.74. The van der Waals surface area contributed by atoms with Crippen molar-refractivity contribution in [1.82, 2.24) is 13.5 Å². The lowest BCUT2D eigenvalue weighted by molar-refractivity contribution is 0.504. The normalized spacial score (nSPS) is 13.5. The van der Waals surface area contributed by atoms with E-state index in [9.17, 15) is 8.42 Å². The predicted molar refractivity (Wildman–Crippen MR) is 97.1 cm³/mol. The molecule has 2 aromatic heterocycles. The van der Waals surface area contributed by atoms with Crippen LogP contribution in [0.1, 0.15) is 12.7 Å². The van der Waals surface area contributed by atoms with Crippen molar-refractivity contribution < 1.29 is 12.8 Å². The zero-order valence-electron chi connectivity index (χ0n) is 13.3. The summed E-state index contributed by atoms with van der Waals surface area (Å²) in [6.45, 7) is 1.81. The number of nitrogens with one attached hydrogen (secondary N) is 1. The van der Waals surface area contributed by atoms with Crippen molar-refractivity contribution in [1.29, 1.82) is 0 Å². The summed E-state index contributed by atoms with van der Waals surface area (Å²) in [6, 6.07) is 14.3. The average molecular weight is 373 g/mol. The molecule has 2 heterocycles. The van der Waals surface area contributed by atoms with Crippen molar-refractivity contribution >= 4 is 43.8 Å². The fourth-order valence-corrected chi connectivity index (χ4v) is 4.82. The minimum atomic E-state index is -3.69. The Morgan fingerprint density at radius 2 is 2.00 bits per heavy atom. The number of para-hydroxylation sites is 1. The van der Waals surface area contributed by atoms with E-state index < -0.39 is 10.0 Å². The third-order valence-electron chi connectivity index (χ3n) is 3.88. The Balaban J connectivity index is 1.57. The average Bonchev–Trinajstić information content (AvgIpc) is 3.19. The largest absolute Gasteiger partial charge is 0.461 e. The third kappa shape index (κ3) is 3.15. The van der Waals surface area contributed by atoms with Crippen molar-refractivity contribution in [3.8, 4) is 0 Å². The number of furan rings is 1. The van der Waals surface area contributed by atoms with E-state index in [1.807, 2.05) is 37.3 Å². The lowest BCUT2D eigenvalue weighted by atomic mass is 10.2. The fourth-order valence-electron chi connectivity index (χ4n) is 2.81. The number of rotatable bonds is 5. The van der Waals surface area contributed by atoms with Crippen molar-refractivity contribution in [3.63, 3.8) is 0 Å². The molecule has 0 aliphatic carbocycles. The van der Waals surface area contributed by atoms with Crippen LogP contribution >= 0.6 is 11.7 Å². The molecule has 4 rings (SSSR count). The van der Waals surface area contributed by atoms with Crippen LogP contribution in [-0.4, -0.2) is 23.2 Å². The Morgan fingerprint density at radius 3 is 2.84 bits per heavy atom.